The Hall–Kier alpha value is -3.00. The Balaban J connectivity index is 2.12. The number of nitrogen functional groups attached to an aromatic ring is 1. The van der Waals surface area contributed by atoms with E-state index in [1.165, 1.54) is 6.33 Å². The fourth-order valence-corrected chi connectivity index (χ4v) is 2.25. The molecule has 0 aliphatic carbocycles. The first kappa shape index (κ1) is 14.9. The third-order valence-corrected chi connectivity index (χ3v) is 3.43. The molecule has 5 N–H and O–H groups in total. The summed E-state index contributed by atoms with van der Waals surface area (Å²) in [5, 5.41) is 3.10. The van der Waals surface area contributed by atoms with Crippen molar-refractivity contribution >= 4 is 45.9 Å². The Morgan fingerprint density at radius 1 is 1.22 bits per heavy atom. The minimum atomic E-state index is -0.518. The molecule has 1 aromatic carbocycles. The average Bonchev–Trinajstić information content (AvgIpc) is 2.50. The van der Waals surface area contributed by atoms with E-state index in [9.17, 15) is 4.79 Å². The third kappa shape index (κ3) is 2.84. The van der Waals surface area contributed by atoms with Gasteiger partial charge in [-0.15, -0.1) is 0 Å². The molecule has 2 aromatic heterocycles. The summed E-state index contributed by atoms with van der Waals surface area (Å²) >= 11 is 5.85. The molecular weight excluding hydrogens is 318 g/mol. The fourth-order valence-electron chi connectivity index (χ4n) is 2.07. The van der Waals surface area contributed by atoms with E-state index in [1.54, 1.807) is 18.2 Å². The van der Waals surface area contributed by atoms with Crippen molar-refractivity contribution in [1.82, 2.24) is 19.9 Å². The van der Waals surface area contributed by atoms with E-state index in [4.69, 9.17) is 23.1 Å². The standard InChI is InChI=1S/C14H12ClN7O/c1-6-2-3-7(12(17)23)4-8(6)20-13-10-9(18-5-19-13)11(16)22-14(15)21-10/h2-5H,1H3,(H2,17,23)(H2,16,21,22)(H,18,19,20). The lowest BCUT2D eigenvalue weighted by molar-refractivity contribution is 0.100. The second kappa shape index (κ2) is 5.65. The molecule has 0 saturated heterocycles. The highest BCUT2D eigenvalue weighted by Crippen LogP contribution is 2.27. The summed E-state index contributed by atoms with van der Waals surface area (Å²) in [5.74, 6) is 0.0407. The number of amides is 1. The van der Waals surface area contributed by atoms with Crippen LogP contribution in [0.3, 0.4) is 0 Å². The number of carbonyl (C=O) groups excluding carboxylic acids is 1. The largest absolute Gasteiger partial charge is 0.382 e. The van der Waals surface area contributed by atoms with Gasteiger partial charge in [-0.3, -0.25) is 4.79 Å². The zero-order valence-corrected chi connectivity index (χ0v) is 12.8. The van der Waals surface area contributed by atoms with Crippen LogP contribution < -0.4 is 16.8 Å². The number of fused-ring (bicyclic) bond motifs is 1. The van der Waals surface area contributed by atoms with Gasteiger partial charge in [0.1, 0.15) is 17.4 Å². The molecular formula is C14H12ClN7O. The molecule has 1 amide bonds. The van der Waals surface area contributed by atoms with Crippen molar-refractivity contribution in [3.63, 3.8) is 0 Å². The Kier molecular flexibility index (Phi) is 3.67. The lowest BCUT2D eigenvalue weighted by Crippen LogP contribution is -2.11. The van der Waals surface area contributed by atoms with E-state index in [0.29, 0.717) is 28.1 Å². The number of rotatable bonds is 3. The van der Waals surface area contributed by atoms with Gasteiger partial charge in [-0.05, 0) is 36.2 Å². The molecule has 0 bridgehead atoms. The molecule has 8 nitrogen and oxygen atoms in total. The van der Waals surface area contributed by atoms with Gasteiger partial charge in [0.05, 0.1) is 0 Å². The molecule has 0 atom stereocenters. The molecule has 9 heteroatoms. The number of anilines is 3. The van der Waals surface area contributed by atoms with Crippen LogP contribution in [0.15, 0.2) is 24.5 Å². The van der Waals surface area contributed by atoms with Crippen LogP contribution in [0.25, 0.3) is 11.0 Å². The Bertz CT molecular complexity index is 928. The van der Waals surface area contributed by atoms with Crippen LogP contribution in [0.2, 0.25) is 5.28 Å². The first-order chi connectivity index (χ1) is 11.0. The van der Waals surface area contributed by atoms with Gasteiger partial charge >= 0.3 is 0 Å². The normalized spacial score (nSPS) is 10.7. The molecule has 3 rings (SSSR count). The summed E-state index contributed by atoms with van der Waals surface area (Å²) in [7, 11) is 0. The summed E-state index contributed by atoms with van der Waals surface area (Å²) < 4.78 is 0. The molecule has 0 spiro atoms. The highest BCUT2D eigenvalue weighted by atomic mass is 35.5. The zero-order valence-electron chi connectivity index (χ0n) is 12.0. The average molecular weight is 330 g/mol. The number of nitrogens with two attached hydrogens (primary N) is 2. The molecule has 2 heterocycles. The Morgan fingerprint density at radius 2 is 2.00 bits per heavy atom. The van der Waals surface area contributed by atoms with Crippen LogP contribution >= 0.6 is 11.6 Å². The number of halogens is 1. The van der Waals surface area contributed by atoms with Gasteiger partial charge in [0, 0.05) is 11.3 Å². The van der Waals surface area contributed by atoms with Crippen LogP contribution in [-0.2, 0) is 0 Å². The van der Waals surface area contributed by atoms with Gasteiger partial charge in [0.2, 0.25) is 11.2 Å². The van der Waals surface area contributed by atoms with Gasteiger partial charge in [0.15, 0.2) is 11.6 Å². The summed E-state index contributed by atoms with van der Waals surface area (Å²) in [5.41, 5.74) is 13.8. The summed E-state index contributed by atoms with van der Waals surface area (Å²) in [6.45, 7) is 1.88. The fraction of sp³-hybridized carbons (Fsp3) is 0.0714. The topological polar surface area (TPSA) is 133 Å². The summed E-state index contributed by atoms with van der Waals surface area (Å²) in [4.78, 5) is 27.5. The van der Waals surface area contributed by atoms with Crippen LogP contribution in [0, 0.1) is 6.92 Å². The molecule has 23 heavy (non-hydrogen) atoms. The monoisotopic (exact) mass is 329 g/mol. The number of primary amides is 1. The van der Waals surface area contributed by atoms with E-state index in [-0.39, 0.29) is 11.1 Å². The van der Waals surface area contributed by atoms with Crippen LogP contribution in [0.1, 0.15) is 15.9 Å². The lowest BCUT2D eigenvalue weighted by atomic mass is 10.1. The van der Waals surface area contributed by atoms with Gasteiger partial charge in [0.25, 0.3) is 0 Å². The van der Waals surface area contributed by atoms with E-state index < -0.39 is 5.91 Å². The second-order valence-corrected chi connectivity index (χ2v) is 5.15. The Morgan fingerprint density at radius 3 is 2.74 bits per heavy atom. The van der Waals surface area contributed by atoms with E-state index in [0.717, 1.165) is 5.56 Å². The molecule has 0 radical (unpaired) electrons. The quantitative estimate of drug-likeness (QED) is 0.624. The highest BCUT2D eigenvalue weighted by molar-refractivity contribution is 6.28. The highest BCUT2D eigenvalue weighted by Gasteiger charge is 2.12. The minimum Gasteiger partial charge on any atom is -0.382 e. The van der Waals surface area contributed by atoms with Crippen molar-refractivity contribution in [2.75, 3.05) is 11.1 Å². The van der Waals surface area contributed by atoms with E-state index >= 15 is 0 Å². The summed E-state index contributed by atoms with van der Waals surface area (Å²) in [6, 6.07) is 5.07. The minimum absolute atomic E-state index is 0.00420. The predicted octanol–water partition coefficient (Wildman–Crippen LogP) is 1.81. The van der Waals surface area contributed by atoms with Gasteiger partial charge in [-0.25, -0.2) is 15.0 Å². The zero-order chi connectivity index (χ0) is 16.6. The van der Waals surface area contributed by atoms with E-state index in [1.807, 2.05) is 6.92 Å². The molecule has 0 aliphatic rings. The van der Waals surface area contributed by atoms with Gasteiger partial charge < -0.3 is 16.8 Å². The number of carbonyl (C=O) groups is 1. The molecule has 0 fully saturated rings. The van der Waals surface area contributed by atoms with E-state index in [2.05, 4.69) is 25.3 Å². The first-order valence-electron chi connectivity index (χ1n) is 6.57. The van der Waals surface area contributed by atoms with Gasteiger partial charge in [-0.1, -0.05) is 6.07 Å². The number of nitrogens with zero attached hydrogens (tertiary/aromatic N) is 4. The van der Waals surface area contributed by atoms with Crippen molar-refractivity contribution < 1.29 is 4.79 Å². The number of benzene rings is 1. The number of hydrogen-bond donors (Lipinski definition) is 3. The number of nitrogens with one attached hydrogen (secondary N) is 1. The molecule has 0 saturated carbocycles. The number of aromatic nitrogens is 4. The SMILES string of the molecule is Cc1ccc(C(N)=O)cc1Nc1ncnc2c(N)nc(Cl)nc12. The maximum Gasteiger partial charge on any atom is 0.248 e. The van der Waals surface area contributed by atoms with Crippen LogP contribution in [-0.4, -0.2) is 25.8 Å². The second-order valence-electron chi connectivity index (χ2n) is 4.82. The first-order valence-corrected chi connectivity index (χ1v) is 6.94. The van der Waals surface area contributed by atoms with Crippen molar-refractivity contribution in [2.45, 2.75) is 6.92 Å². The van der Waals surface area contributed by atoms with Crippen molar-refractivity contribution in [1.29, 1.82) is 0 Å². The molecule has 116 valence electrons. The number of hydrogen-bond acceptors (Lipinski definition) is 7. The third-order valence-electron chi connectivity index (χ3n) is 3.26. The molecule has 0 aliphatic heterocycles. The Labute approximate surface area is 135 Å². The van der Waals surface area contributed by atoms with Crippen molar-refractivity contribution in [3.8, 4) is 0 Å². The van der Waals surface area contributed by atoms with Gasteiger partial charge in [-0.2, -0.15) is 4.98 Å². The molecule has 0 unspecified atom stereocenters. The van der Waals surface area contributed by atoms with Crippen LogP contribution in [0.5, 0.6) is 0 Å². The summed E-state index contributed by atoms with van der Waals surface area (Å²) in [6.07, 6.45) is 1.34. The number of aryl methyl sites for hydroxylation is 1. The maximum atomic E-state index is 11.3. The smallest absolute Gasteiger partial charge is 0.248 e. The molecule has 3 aromatic rings. The van der Waals surface area contributed by atoms with Crippen LogP contribution in [0.4, 0.5) is 17.3 Å². The lowest BCUT2D eigenvalue weighted by Gasteiger charge is -2.11. The van der Waals surface area contributed by atoms with Crippen molar-refractivity contribution in [3.05, 3.63) is 40.9 Å². The van der Waals surface area contributed by atoms with Crippen molar-refractivity contribution in [2.24, 2.45) is 5.73 Å². The predicted molar refractivity (Wildman–Crippen MR) is 87.5 cm³/mol. The maximum absolute atomic E-state index is 11.3.